The number of rotatable bonds is 6. The van der Waals surface area contributed by atoms with E-state index in [0.717, 1.165) is 34.2 Å². The summed E-state index contributed by atoms with van der Waals surface area (Å²) in [6, 6.07) is 8.63. The van der Waals surface area contributed by atoms with Crippen LogP contribution in [0.4, 0.5) is 0 Å². The molecule has 0 fully saturated rings. The highest BCUT2D eigenvalue weighted by molar-refractivity contribution is 9.10. The molecule has 2 rings (SSSR count). The topological polar surface area (TPSA) is 25.2 Å². The van der Waals surface area contributed by atoms with Crippen molar-refractivity contribution in [2.75, 3.05) is 6.54 Å². The first-order valence-corrected chi connectivity index (χ1v) is 7.86. The summed E-state index contributed by atoms with van der Waals surface area (Å²) in [5, 5.41) is 4.70. The van der Waals surface area contributed by atoms with Crippen molar-refractivity contribution in [1.82, 2.24) is 5.32 Å². The molecule has 1 N–H and O–H groups in total. The van der Waals surface area contributed by atoms with Crippen molar-refractivity contribution >= 4 is 26.9 Å². The Hall–Kier alpha value is -0.800. The molecular weight excluding hydrogens is 302 g/mol. The van der Waals surface area contributed by atoms with Crippen LogP contribution in [0.5, 0.6) is 0 Å². The minimum absolute atomic E-state index is 0.305. The van der Waals surface area contributed by atoms with Gasteiger partial charge in [-0.1, -0.05) is 39.3 Å². The van der Waals surface area contributed by atoms with Gasteiger partial charge < -0.3 is 9.73 Å². The van der Waals surface area contributed by atoms with Crippen molar-refractivity contribution < 1.29 is 4.42 Å². The molecule has 1 heterocycles. The summed E-state index contributed by atoms with van der Waals surface area (Å²) in [6.07, 6.45) is 2.31. The highest BCUT2D eigenvalue weighted by Gasteiger charge is 2.18. The number of fused-ring (bicyclic) bond motifs is 1. The largest absolute Gasteiger partial charge is 0.458 e. The fraction of sp³-hybridized carbons (Fsp3) is 0.500. The molecule has 0 saturated heterocycles. The molecule has 3 heteroatoms. The van der Waals surface area contributed by atoms with E-state index < -0.39 is 0 Å². The fourth-order valence-corrected chi connectivity index (χ4v) is 2.80. The predicted octanol–water partition coefficient (Wildman–Crippen LogP) is 5.28. The summed E-state index contributed by atoms with van der Waals surface area (Å²) in [6.45, 7) is 7.63. The van der Waals surface area contributed by atoms with Crippen molar-refractivity contribution in [3.05, 3.63) is 34.5 Å². The van der Waals surface area contributed by atoms with E-state index in [1.165, 1.54) is 6.42 Å². The van der Waals surface area contributed by atoms with Gasteiger partial charge in [0.15, 0.2) is 0 Å². The Morgan fingerprint density at radius 3 is 2.74 bits per heavy atom. The number of halogens is 1. The predicted molar refractivity (Wildman–Crippen MR) is 84.4 cm³/mol. The lowest BCUT2D eigenvalue weighted by Crippen LogP contribution is -2.22. The lowest BCUT2D eigenvalue weighted by molar-refractivity contribution is 0.359. The van der Waals surface area contributed by atoms with Gasteiger partial charge >= 0.3 is 0 Å². The first-order chi connectivity index (χ1) is 9.15. The Kier molecular flexibility index (Phi) is 5.06. The molecule has 0 aliphatic carbocycles. The smallest absolute Gasteiger partial charge is 0.148 e. The third-order valence-electron chi connectivity index (χ3n) is 3.64. The standard InChI is InChI=1S/C16H22BrNO/c1-4-11(3)9-14(18-5-2)15-10-12-7-6-8-13(17)16(12)19-15/h6-8,10-11,14,18H,4-5,9H2,1-3H3. The van der Waals surface area contributed by atoms with Crippen molar-refractivity contribution in [2.24, 2.45) is 5.92 Å². The number of benzene rings is 1. The summed E-state index contributed by atoms with van der Waals surface area (Å²) >= 11 is 3.55. The molecular formula is C16H22BrNO. The Morgan fingerprint density at radius 2 is 2.11 bits per heavy atom. The van der Waals surface area contributed by atoms with Crippen molar-refractivity contribution in [3.63, 3.8) is 0 Å². The van der Waals surface area contributed by atoms with Gasteiger partial charge in [-0.2, -0.15) is 0 Å². The van der Waals surface area contributed by atoms with Crippen molar-refractivity contribution in [1.29, 1.82) is 0 Å². The lowest BCUT2D eigenvalue weighted by Gasteiger charge is -2.19. The molecule has 2 aromatic rings. The summed E-state index contributed by atoms with van der Waals surface area (Å²) in [4.78, 5) is 0. The Bertz CT molecular complexity index is 535. The molecule has 104 valence electrons. The number of hydrogen-bond donors (Lipinski definition) is 1. The van der Waals surface area contributed by atoms with E-state index in [9.17, 15) is 0 Å². The molecule has 2 nitrogen and oxygen atoms in total. The Balaban J connectivity index is 2.30. The molecule has 19 heavy (non-hydrogen) atoms. The number of hydrogen-bond acceptors (Lipinski definition) is 2. The van der Waals surface area contributed by atoms with Crippen LogP contribution in [0.3, 0.4) is 0 Å². The number of furan rings is 1. The van der Waals surface area contributed by atoms with Crippen LogP contribution >= 0.6 is 15.9 Å². The number of nitrogens with one attached hydrogen (secondary N) is 1. The minimum atomic E-state index is 0.305. The van der Waals surface area contributed by atoms with Crippen molar-refractivity contribution in [2.45, 2.75) is 39.7 Å². The molecule has 1 aromatic carbocycles. The maximum absolute atomic E-state index is 6.05. The molecule has 1 aromatic heterocycles. The summed E-state index contributed by atoms with van der Waals surface area (Å²) in [5.41, 5.74) is 0.949. The summed E-state index contributed by atoms with van der Waals surface area (Å²) in [5.74, 6) is 1.74. The maximum Gasteiger partial charge on any atom is 0.148 e. The van der Waals surface area contributed by atoms with E-state index in [-0.39, 0.29) is 0 Å². The minimum Gasteiger partial charge on any atom is -0.458 e. The van der Waals surface area contributed by atoms with Gasteiger partial charge in [-0.3, -0.25) is 0 Å². The molecule has 0 bridgehead atoms. The van der Waals surface area contributed by atoms with Crippen LogP contribution in [0.2, 0.25) is 0 Å². The molecule has 0 saturated carbocycles. The summed E-state index contributed by atoms with van der Waals surface area (Å²) in [7, 11) is 0. The van der Waals surface area contributed by atoms with Gasteiger partial charge in [-0.15, -0.1) is 0 Å². The zero-order valence-electron chi connectivity index (χ0n) is 11.9. The molecule has 2 unspecified atom stereocenters. The van der Waals surface area contributed by atoms with Gasteiger partial charge in [-0.25, -0.2) is 0 Å². The van der Waals surface area contributed by atoms with Crippen LogP contribution in [0.25, 0.3) is 11.0 Å². The van der Waals surface area contributed by atoms with E-state index in [4.69, 9.17) is 4.42 Å². The van der Waals surface area contributed by atoms with Crippen LogP contribution in [0.15, 0.2) is 33.2 Å². The zero-order chi connectivity index (χ0) is 13.8. The van der Waals surface area contributed by atoms with E-state index >= 15 is 0 Å². The SMILES string of the molecule is CCNC(CC(C)CC)c1cc2cccc(Br)c2o1. The van der Waals surface area contributed by atoms with E-state index in [1.54, 1.807) is 0 Å². The molecule has 2 atom stereocenters. The zero-order valence-corrected chi connectivity index (χ0v) is 13.5. The maximum atomic E-state index is 6.05. The molecule has 0 radical (unpaired) electrons. The molecule has 0 spiro atoms. The van der Waals surface area contributed by atoms with Gasteiger partial charge in [0.2, 0.25) is 0 Å². The van der Waals surface area contributed by atoms with Gasteiger partial charge in [0, 0.05) is 5.39 Å². The van der Waals surface area contributed by atoms with Crippen LogP contribution in [0.1, 0.15) is 45.4 Å². The number of para-hydroxylation sites is 1. The van der Waals surface area contributed by atoms with Crippen molar-refractivity contribution in [3.8, 4) is 0 Å². The summed E-state index contributed by atoms with van der Waals surface area (Å²) < 4.78 is 7.07. The molecule has 0 aliphatic heterocycles. The second-order valence-electron chi connectivity index (χ2n) is 5.17. The van der Waals surface area contributed by atoms with Crippen LogP contribution in [-0.2, 0) is 0 Å². The third kappa shape index (κ3) is 3.40. The third-order valence-corrected chi connectivity index (χ3v) is 4.27. The van der Waals surface area contributed by atoms with E-state index in [2.05, 4.69) is 54.2 Å². The van der Waals surface area contributed by atoms with Gasteiger partial charge in [-0.05, 0) is 46.9 Å². The fourth-order valence-electron chi connectivity index (χ4n) is 2.33. The van der Waals surface area contributed by atoms with Gasteiger partial charge in [0.25, 0.3) is 0 Å². The second kappa shape index (κ2) is 6.58. The van der Waals surface area contributed by atoms with E-state index in [1.807, 2.05) is 12.1 Å². The first kappa shape index (κ1) is 14.6. The van der Waals surface area contributed by atoms with Crippen LogP contribution < -0.4 is 5.32 Å². The lowest BCUT2D eigenvalue weighted by atomic mass is 9.97. The van der Waals surface area contributed by atoms with Gasteiger partial charge in [0.05, 0.1) is 10.5 Å². The molecule has 0 amide bonds. The monoisotopic (exact) mass is 323 g/mol. The Labute approximate surface area is 123 Å². The van der Waals surface area contributed by atoms with Crippen LogP contribution in [0, 0.1) is 5.92 Å². The molecule has 0 aliphatic rings. The normalized spacial score (nSPS) is 14.7. The quantitative estimate of drug-likeness (QED) is 0.782. The highest BCUT2D eigenvalue weighted by Crippen LogP contribution is 2.32. The van der Waals surface area contributed by atoms with E-state index in [0.29, 0.717) is 12.0 Å². The average molecular weight is 324 g/mol. The average Bonchev–Trinajstić information content (AvgIpc) is 2.83. The Morgan fingerprint density at radius 1 is 1.32 bits per heavy atom. The first-order valence-electron chi connectivity index (χ1n) is 7.07. The van der Waals surface area contributed by atoms with Crippen LogP contribution in [-0.4, -0.2) is 6.54 Å². The van der Waals surface area contributed by atoms with Gasteiger partial charge in [0.1, 0.15) is 11.3 Å². The highest BCUT2D eigenvalue weighted by atomic mass is 79.9. The second-order valence-corrected chi connectivity index (χ2v) is 6.02.